The van der Waals surface area contributed by atoms with Crippen LogP contribution in [0.5, 0.6) is 5.75 Å². The van der Waals surface area contributed by atoms with Crippen LogP contribution in [0.25, 0.3) is 0 Å². The van der Waals surface area contributed by atoms with Crippen molar-refractivity contribution in [2.24, 2.45) is 0 Å². The second-order valence-corrected chi connectivity index (χ2v) is 6.18. The first kappa shape index (κ1) is 15.4. The third kappa shape index (κ3) is 3.55. The molecule has 0 aliphatic heterocycles. The minimum Gasteiger partial charge on any atom is -0.497 e. The van der Waals surface area contributed by atoms with Crippen molar-refractivity contribution < 1.29 is 4.74 Å². The first-order valence-electron chi connectivity index (χ1n) is 6.50. The fourth-order valence-corrected chi connectivity index (χ4v) is 3.29. The SMILES string of the molecule is CCC(Nc1c(Br)cccc1Br)c1ccc(OC)cc1. The molecule has 0 saturated heterocycles. The maximum atomic E-state index is 5.20. The molecule has 0 bridgehead atoms. The summed E-state index contributed by atoms with van der Waals surface area (Å²) in [7, 11) is 1.68. The van der Waals surface area contributed by atoms with Gasteiger partial charge in [-0.1, -0.05) is 25.1 Å². The van der Waals surface area contributed by atoms with Crippen molar-refractivity contribution in [1.82, 2.24) is 0 Å². The predicted octanol–water partition coefficient (Wildman–Crippen LogP) is 5.78. The molecule has 0 amide bonds. The number of hydrogen-bond donors (Lipinski definition) is 1. The van der Waals surface area contributed by atoms with Crippen LogP contribution in [0, 0.1) is 0 Å². The van der Waals surface area contributed by atoms with Gasteiger partial charge in [0, 0.05) is 8.95 Å². The topological polar surface area (TPSA) is 21.3 Å². The maximum absolute atomic E-state index is 5.20. The Balaban J connectivity index is 2.24. The summed E-state index contributed by atoms with van der Waals surface area (Å²) in [6.07, 6.45) is 1.00. The average Bonchev–Trinajstić information content (AvgIpc) is 2.47. The quantitative estimate of drug-likeness (QED) is 0.688. The number of halogens is 2. The largest absolute Gasteiger partial charge is 0.497 e. The molecule has 0 saturated carbocycles. The molecule has 0 heterocycles. The van der Waals surface area contributed by atoms with E-state index in [9.17, 15) is 0 Å². The molecular weight excluding hydrogens is 382 g/mol. The zero-order valence-electron chi connectivity index (χ0n) is 11.5. The van der Waals surface area contributed by atoms with Crippen LogP contribution < -0.4 is 10.1 Å². The second kappa shape index (κ2) is 7.14. The van der Waals surface area contributed by atoms with E-state index in [0.29, 0.717) is 0 Å². The van der Waals surface area contributed by atoms with Gasteiger partial charge in [0.05, 0.1) is 18.8 Å². The van der Waals surface area contributed by atoms with Crippen molar-refractivity contribution >= 4 is 37.5 Å². The Morgan fingerprint density at radius 3 is 2.15 bits per heavy atom. The summed E-state index contributed by atoms with van der Waals surface area (Å²) in [5.74, 6) is 0.880. The van der Waals surface area contributed by atoms with Gasteiger partial charge in [-0.2, -0.15) is 0 Å². The van der Waals surface area contributed by atoms with Crippen LogP contribution in [0.3, 0.4) is 0 Å². The highest BCUT2D eigenvalue weighted by molar-refractivity contribution is 9.11. The summed E-state index contributed by atoms with van der Waals surface area (Å²) < 4.78 is 7.31. The molecule has 0 fully saturated rings. The molecule has 2 nitrogen and oxygen atoms in total. The van der Waals surface area contributed by atoms with Gasteiger partial charge in [0.15, 0.2) is 0 Å². The minimum absolute atomic E-state index is 0.260. The van der Waals surface area contributed by atoms with Crippen LogP contribution >= 0.6 is 31.9 Å². The lowest BCUT2D eigenvalue weighted by atomic mass is 10.0. The fourth-order valence-electron chi connectivity index (χ4n) is 2.07. The predicted molar refractivity (Wildman–Crippen MR) is 91.5 cm³/mol. The van der Waals surface area contributed by atoms with Crippen molar-refractivity contribution in [3.05, 3.63) is 57.0 Å². The molecule has 1 atom stereocenters. The number of benzene rings is 2. The van der Waals surface area contributed by atoms with E-state index in [0.717, 1.165) is 26.8 Å². The number of nitrogens with one attached hydrogen (secondary N) is 1. The van der Waals surface area contributed by atoms with E-state index >= 15 is 0 Å². The molecule has 2 aromatic carbocycles. The summed E-state index contributed by atoms with van der Waals surface area (Å²) in [6, 6.07) is 14.5. The minimum atomic E-state index is 0.260. The van der Waals surface area contributed by atoms with E-state index in [1.807, 2.05) is 30.3 Å². The van der Waals surface area contributed by atoms with Crippen molar-refractivity contribution in [2.45, 2.75) is 19.4 Å². The number of rotatable bonds is 5. The zero-order valence-corrected chi connectivity index (χ0v) is 14.7. The Labute approximate surface area is 136 Å². The molecule has 0 radical (unpaired) electrons. The number of anilines is 1. The van der Waals surface area contributed by atoms with E-state index in [-0.39, 0.29) is 6.04 Å². The van der Waals surface area contributed by atoms with E-state index in [1.54, 1.807) is 7.11 Å². The van der Waals surface area contributed by atoms with Crippen LogP contribution in [0.15, 0.2) is 51.4 Å². The summed E-state index contributed by atoms with van der Waals surface area (Å²) >= 11 is 7.18. The third-order valence-electron chi connectivity index (χ3n) is 3.21. The molecule has 0 aliphatic rings. The molecule has 0 aromatic heterocycles. The van der Waals surface area contributed by atoms with Gasteiger partial charge >= 0.3 is 0 Å². The smallest absolute Gasteiger partial charge is 0.118 e. The summed E-state index contributed by atoms with van der Waals surface area (Å²) in [5, 5.41) is 3.58. The average molecular weight is 399 g/mol. The van der Waals surface area contributed by atoms with Crippen LogP contribution in [0.4, 0.5) is 5.69 Å². The van der Waals surface area contributed by atoms with Crippen molar-refractivity contribution in [3.63, 3.8) is 0 Å². The van der Waals surface area contributed by atoms with Gasteiger partial charge in [-0.3, -0.25) is 0 Å². The Hall–Kier alpha value is -1.00. The van der Waals surface area contributed by atoms with Crippen LogP contribution in [0.1, 0.15) is 24.9 Å². The Kier molecular flexibility index (Phi) is 5.49. The monoisotopic (exact) mass is 397 g/mol. The number of para-hydroxylation sites is 1. The molecule has 4 heteroatoms. The van der Waals surface area contributed by atoms with Crippen molar-refractivity contribution in [1.29, 1.82) is 0 Å². The number of methoxy groups -OCH3 is 1. The number of hydrogen-bond acceptors (Lipinski definition) is 2. The molecule has 1 N–H and O–H groups in total. The molecule has 0 aliphatic carbocycles. The zero-order chi connectivity index (χ0) is 14.5. The normalized spacial score (nSPS) is 12.0. The van der Waals surface area contributed by atoms with Crippen molar-refractivity contribution in [3.8, 4) is 5.75 Å². The molecule has 106 valence electrons. The molecule has 1 unspecified atom stereocenters. The van der Waals surface area contributed by atoms with Crippen LogP contribution in [-0.4, -0.2) is 7.11 Å². The van der Waals surface area contributed by atoms with Gasteiger partial charge in [0.2, 0.25) is 0 Å². The van der Waals surface area contributed by atoms with Gasteiger partial charge < -0.3 is 10.1 Å². The Bertz CT molecular complexity index is 549. The molecule has 0 spiro atoms. The molecule has 2 aromatic rings. The van der Waals surface area contributed by atoms with E-state index < -0.39 is 0 Å². The first-order valence-corrected chi connectivity index (χ1v) is 8.08. The highest BCUT2D eigenvalue weighted by atomic mass is 79.9. The van der Waals surface area contributed by atoms with E-state index in [4.69, 9.17) is 4.74 Å². The van der Waals surface area contributed by atoms with Gasteiger partial charge in [-0.05, 0) is 68.1 Å². The second-order valence-electron chi connectivity index (χ2n) is 4.47. The van der Waals surface area contributed by atoms with Gasteiger partial charge in [-0.25, -0.2) is 0 Å². The molecule has 20 heavy (non-hydrogen) atoms. The summed E-state index contributed by atoms with van der Waals surface area (Å²) in [4.78, 5) is 0. The summed E-state index contributed by atoms with van der Waals surface area (Å²) in [6.45, 7) is 2.17. The standard InChI is InChI=1S/C16H17Br2NO/c1-3-15(11-7-9-12(20-2)10-8-11)19-16-13(17)5-4-6-14(16)18/h4-10,15,19H,3H2,1-2H3. The lowest BCUT2D eigenvalue weighted by molar-refractivity contribution is 0.414. The Morgan fingerprint density at radius 2 is 1.65 bits per heavy atom. The third-order valence-corrected chi connectivity index (χ3v) is 4.53. The molecular formula is C16H17Br2NO. The van der Waals surface area contributed by atoms with Gasteiger partial charge in [0.1, 0.15) is 5.75 Å². The lowest BCUT2D eigenvalue weighted by Gasteiger charge is -2.21. The van der Waals surface area contributed by atoms with E-state index in [1.165, 1.54) is 5.56 Å². The molecule has 2 rings (SSSR count). The Morgan fingerprint density at radius 1 is 1.05 bits per heavy atom. The summed E-state index contributed by atoms with van der Waals surface area (Å²) in [5.41, 5.74) is 2.33. The van der Waals surface area contributed by atoms with Gasteiger partial charge in [-0.15, -0.1) is 0 Å². The fraction of sp³-hybridized carbons (Fsp3) is 0.250. The highest BCUT2D eigenvalue weighted by Gasteiger charge is 2.13. The lowest BCUT2D eigenvalue weighted by Crippen LogP contribution is -2.10. The van der Waals surface area contributed by atoms with Crippen LogP contribution in [-0.2, 0) is 0 Å². The maximum Gasteiger partial charge on any atom is 0.118 e. The van der Waals surface area contributed by atoms with Gasteiger partial charge in [0.25, 0.3) is 0 Å². The number of ether oxygens (including phenoxy) is 1. The highest BCUT2D eigenvalue weighted by Crippen LogP contribution is 2.34. The van der Waals surface area contributed by atoms with E-state index in [2.05, 4.69) is 56.2 Å². The van der Waals surface area contributed by atoms with Crippen molar-refractivity contribution in [2.75, 3.05) is 12.4 Å². The van der Waals surface area contributed by atoms with Crippen LogP contribution in [0.2, 0.25) is 0 Å². The first-order chi connectivity index (χ1) is 9.65.